The third kappa shape index (κ3) is 1.41. The second kappa shape index (κ2) is 2.73. The second-order valence-electron chi connectivity index (χ2n) is 5.74. The molecule has 0 aromatic carbocycles. The Bertz CT molecular complexity index is 203. The van der Waals surface area contributed by atoms with Crippen molar-refractivity contribution in [1.82, 2.24) is 5.32 Å². The highest BCUT2D eigenvalue weighted by Gasteiger charge is 2.45. The van der Waals surface area contributed by atoms with Gasteiger partial charge < -0.3 is 5.32 Å². The maximum absolute atomic E-state index is 3.87. The van der Waals surface area contributed by atoms with Gasteiger partial charge in [-0.3, -0.25) is 0 Å². The minimum absolute atomic E-state index is 0.563. The highest BCUT2D eigenvalue weighted by Crippen LogP contribution is 2.46. The van der Waals surface area contributed by atoms with Gasteiger partial charge in [0.2, 0.25) is 0 Å². The smallest absolute Gasteiger partial charge is 0.0157 e. The normalized spacial score (nSPS) is 42.2. The molecule has 0 heterocycles. The van der Waals surface area contributed by atoms with Crippen LogP contribution in [0.2, 0.25) is 0 Å². The third-order valence-corrected chi connectivity index (χ3v) is 4.62. The maximum Gasteiger partial charge on any atom is 0.0157 e. The molecule has 3 aliphatic carbocycles. The Kier molecular flexibility index (Phi) is 1.74. The van der Waals surface area contributed by atoms with Gasteiger partial charge in [-0.25, -0.2) is 0 Å². The van der Waals surface area contributed by atoms with Crippen LogP contribution in [0.5, 0.6) is 0 Å². The molecule has 0 radical (unpaired) electrons. The lowest BCUT2D eigenvalue weighted by molar-refractivity contribution is 0.0742. The SMILES string of the molecule is CC1(NC2CCC2C2CCC2)CC1. The molecule has 2 unspecified atom stereocenters. The largest absolute Gasteiger partial charge is 0.308 e. The van der Waals surface area contributed by atoms with Crippen molar-refractivity contribution in [2.24, 2.45) is 11.8 Å². The van der Waals surface area contributed by atoms with Crippen molar-refractivity contribution in [3.63, 3.8) is 0 Å². The van der Waals surface area contributed by atoms with E-state index in [9.17, 15) is 0 Å². The van der Waals surface area contributed by atoms with Gasteiger partial charge in [0.15, 0.2) is 0 Å². The van der Waals surface area contributed by atoms with Gasteiger partial charge in [-0.05, 0) is 44.4 Å². The van der Waals surface area contributed by atoms with Gasteiger partial charge in [0.1, 0.15) is 0 Å². The summed E-state index contributed by atoms with van der Waals surface area (Å²) in [7, 11) is 0. The second-order valence-corrected chi connectivity index (χ2v) is 5.74. The zero-order valence-electron chi connectivity index (χ0n) is 8.68. The zero-order chi connectivity index (χ0) is 8.89. The molecule has 3 aliphatic rings. The van der Waals surface area contributed by atoms with Gasteiger partial charge in [-0.15, -0.1) is 0 Å². The van der Waals surface area contributed by atoms with Gasteiger partial charge in [0.05, 0.1) is 0 Å². The van der Waals surface area contributed by atoms with Gasteiger partial charge in [-0.1, -0.05) is 19.3 Å². The minimum Gasteiger partial charge on any atom is -0.308 e. The summed E-state index contributed by atoms with van der Waals surface area (Å²) in [6, 6.07) is 0.901. The highest BCUT2D eigenvalue weighted by atomic mass is 15.1. The van der Waals surface area contributed by atoms with E-state index < -0.39 is 0 Å². The van der Waals surface area contributed by atoms with E-state index in [4.69, 9.17) is 0 Å². The van der Waals surface area contributed by atoms with Crippen molar-refractivity contribution in [2.45, 2.75) is 63.5 Å². The minimum atomic E-state index is 0.563. The summed E-state index contributed by atoms with van der Waals surface area (Å²) in [6.45, 7) is 2.39. The van der Waals surface area contributed by atoms with Crippen LogP contribution in [0.1, 0.15) is 51.9 Å². The standard InChI is InChI=1S/C12H21N/c1-12(7-8-12)13-11-6-5-10(11)9-3-2-4-9/h9-11,13H,2-8H2,1H3. The van der Waals surface area contributed by atoms with Crippen LogP contribution < -0.4 is 5.32 Å². The van der Waals surface area contributed by atoms with E-state index in [-0.39, 0.29) is 0 Å². The predicted octanol–water partition coefficient (Wildman–Crippen LogP) is 2.71. The molecule has 1 nitrogen and oxygen atoms in total. The van der Waals surface area contributed by atoms with Crippen LogP contribution in [0.3, 0.4) is 0 Å². The molecule has 0 aromatic heterocycles. The van der Waals surface area contributed by atoms with Crippen LogP contribution in [0.4, 0.5) is 0 Å². The van der Waals surface area contributed by atoms with E-state index in [0.717, 1.165) is 17.9 Å². The molecule has 3 rings (SSSR count). The van der Waals surface area contributed by atoms with Crippen LogP contribution in [0.15, 0.2) is 0 Å². The Hall–Kier alpha value is -0.0400. The first-order valence-corrected chi connectivity index (χ1v) is 6.05. The summed E-state index contributed by atoms with van der Waals surface area (Å²) in [5.74, 6) is 2.17. The summed E-state index contributed by atoms with van der Waals surface area (Å²) < 4.78 is 0. The molecular formula is C12H21N. The van der Waals surface area contributed by atoms with Crippen LogP contribution >= 0.6 is 0 Å². The topological polar surface area (TPSA) is 12.0 Å². The Morgan fingerprint density at radius 1 is 1.08 bits per heavy atom. The first kappa shape index (κ1) is 8.28. The summed E-state index contributed by atoms with van der Waals surface area (Å²) in [6.07, 6.45) is 10.4. The molecule has 0 amide bonds. The summed E-state index contributed by atoms with van der Waals surface area (Å²) in [5, 5.41) is 3.87. The molecule has 0 bridgehead atoms. The van der Waals surface area contributed by atoms with Crippen molar-refractivity contribution >= 4 is 0 Å². The number of hydrogen-bond donors (Lipinski definition) is 1. The van der Waals surface area contributed by atoms with Crippen molar-refractivity contribution in [3.05, 3.63) is 0 Å². The van der Waals surface area contributed by atoms with E-state index in [2.05, 4.69) is 12.2 Å². The fourth-order valence-corrected chi connectivity index (χ4v) is 2.92. The molecule has 74 valence electrons. The van der Waals surface area contributed by atoms with E-state index in [1.807, 2.05) is 0 Å². The quantitative estimate of drug-likeness (QED) is 0.702. The van der Waals surface area contributed by atoms with E-state index >= 15 is 0 Å². The van der Waals surface area contributed by atoms with Crippen molar-refractivity contribution in [1.29, 1.82) is 0 Å². The molecule has 13 heavy (non-hydrogen) atoms. The van der Waals surface area contributed by atoms with Crippen LogP contribution in [0, 0.1) is 11.8 Å². The summed E-state index contributed by atoms with van der Waals surface area (Å²) >= 11 is 0. The molecule has 3 fully saturated rings. The molecule has 0 aromatic rings. The Morgan fingerprint density at radius 2 is 1.85 bits per heavy atom. The Balaban J connectivity index is 1.53. The number of hydrogen-bond acceptors (Lipinski definition) is 1. The van der Waals surface area contributed by atoms with Gasteiger partial charge >= 0.3 is 0 Å². The average Bonchev–Trinajstić information content (AvgIpc) is 2.70. The average molecular weight is 179 g/mol. The van der Waals surface area contributed by atoms with Crippen molar-refractivity contribution in [2.75, 3.05) is 0 Å². The summed E-state index contributed by atoms with van der Waals surface area (Å²) in [5.41, 5.74) is 0.563. The van der Waals surface area contributed by atoms with Gasteiger partial charge in [0.25, 0.3) is 0 Å². The molecule has 2 atom stereocenters. The third-order valence-electron chi connectivity index (χ3n) is 4.62. The molecule has 0 saturated heterocycles. The molecule has 3 saturated carbocycles. The van der Waals surface area contributed by atoms with Crippen LogP contribution in [-0.2, 0) is 0 Å². The molecule has 1 N–H and O–H groups in total. The number of rotatable bonds is 3. The zero-order valence-corrected chi connectivity index (χ0v) is 8.68. The predicted molar refractivity (Wildman–Crippen MR) is 54.6 cm³/mol. The van der Waals surface area contributed by atoms with Gasteiger partial charge in [-0.2, -0.15) is 0 Å². The first-order chi connectivity index (χ1) is 6.27. The van der Waals surface area contributed by atoms with E-state index in [1.54, 1.807) is 0 Å². The first-order valence-electron chi connectivity index (χ1n) is 6.05. The Morgan fingerprint density at radius 3 is 2.23 bits per heavy atom. The maximum atomic E-state index is 3.87. The monoisotopic (exact) mass is 179 g/mol. The lowest BCUT2D eigenvalue weighted by atomic mass is 9.64. The molecule has 0 aliphatic heterocycles. The fraction of sp³-hybridized carbons (Fsp3) is 1.00. The highest BCUT2D eigenvalue weighted by molar-refractivity contribution is 5.04. The summed E-state index contributed by atoms with van der Waals surface area (Å²) in [4.78, 5) is 0. The van der Waals surface area contributed by atoms with Crippen LogP contribution in [0.25, 0.3) is 0 Å². The molecular weight excluding hydrogens is 158 g/mol. The number of nitrogens with one attached hydrogen (secondary N) is 1. The van der Waals surface area contributed by atoms with E-state index in [0.29, 0.717) is 5.54 Å². The van der Waals surface area contributed by atoms with Crippen molar-refractivity contribution in [3.8, 4) is 0 Å². The lowest BCUT2D eigenvalue weighted by Gasteiger charge is -2.47. The van der Waals surface area contributed by atoms with Gasteiger partial charge in [0, 0.05) is 11.6 Å². The molecule has 0 spiro atoms. The fourth-order valence-electron chi connectivity index (χ4n) is 2.92. The lowest BCUT2D eigenvalue weighted by Crippen LogP contribution is -2.52. The Labute approximate surface area is 81.3 Å². The molecule has 1 heteroatoms. The van der Waals surface area contributed by atoms with Crippen molar-refractivity contribution < 1.29 is 0 Å². The van der Waals surface area contributed by atoms with E-state index in [1.165, 1.54) is 44.9 Å². The van der Waals surface area contributed by atoms with Crippen LogP contribution in [-0.4, -0.2) is 11.6 Å².